The highest BCUT2D eigenvalue weighted by Gasteiger charge is 2.15. The number of ether oxygens (including phenoxy) is 1. The summed E-state index contributed by atoms with van der Waals surface area (Å²) in [7, 11) is 1.43. The normalized spacial score (nSPS) is 15.6. The van der Waals surface area contributed by atoms with E-state index in [0.29, 0.717) is 5.92 Å². The monoisotopic (exact) mass is 222 g/mol. The van der Waals surface area contributed by atoms with Crippen LogP contribution in [-0.2, 0) is 9.53 Å². The quantitative estimate of drug-likeness (QED) is 0.539. The van der Waals surface area contributed by atoms with E-state index >= 15 is 0 Å². The van der Waals surface area contributed by atoms with Crippen LogP contribution in [0.5, 0.6) is 0 Å². The summed E-state index contributed by atoms with van der Waals surface area (Å²) in [4.78, 5) is 10.9. The summed E-state index contributed by atoms with van der Waals surface area (Å²) in [6.07, 6.45) is 0.887. The van der Waals surface area contributed by atoms with Gasteiger partial charge in [-0.1, -0.05) is 29.8 Å². The molecule has 0 heterocycles. The van der Waals surface area contributed by atoms with Gasteiger partial charge in [0.25, 0.3) is 0 Å². The molecule has 0 bridgehead atoms. The van der Waals surface area contributed by atoms with Crippen molar-refractivity contribution in [2.75, 3.05) is 12.4 Å². The maximum atomic E-state index is 10.9. The van der Waals surface area contributed by atoms with Gasteiger partial charge in [-0.2, -0.15) is 0 Å². The van der Waals surface area contributed by atoms with Gasteiger partial charge in [0.05, 0.1) is 13.0 Å². The number of esters is 1. The molecule has 3 heteroatoms. The molecule has 0 aromatic carbocycles. The maximum Gasteiger partial charge on any atom is 0.308 e. The first-order valence-electron chi connectivity index (χ1n) is 3.75. The van der Waals surface area contributed by atoms with Crippen LogP contribution in [0.15, 0.2) is 0 Å². The minimum Gasteiger partial charge on any atom is -0.469 e. The Hall–Kier alpha value is -0.0500. The van der Waals surface area contributed by atoms with Crippen molar-refractivity contribution >= 4 is 21.9 Å². The Morgan fingerprint density at radius 2 is 2.09 bits per heavy atom. The first kappa shape index (κ1) is 11.0. The number of hydrogen-bond donors (Lipinski definition) is 0. The highest BCUT2D eigenvalue weighted by molar-refractivity contribution is 9.09. The van der Waals surface area contributed by atoms with E-state index in [-0.39, 0.29) is 11.9 Å². The maximum absolute atomic E-state index is 10.9. The molecule has 66 valence electrons. The van der Waals surface area contributed by atoms with Gasteiger partial charge < -0.3 is 4.74 Å². The van der Waals surface area contributed by atoms with Crippen LogP contribution in [-0.4, -0.2) is 18.4 Å². The molecule has 0 N–H and O–H groups in total. The smallest absolute Gasteiger partial charge is 0.308 e. The number of alkyl halides is 1. The van der Waals surface area contributed by atoms with Crippen molar-refractivity contribution in [3.8, 4) is 0 Å². The summed E-state index contributed by atoms with van der Waals surface area (Å²) in [5.41, 5.74) is 0. The summed E-state index contributed by atoms with van der Waals surface area (Å²) in [5.74, 6) is 0.439. The van der Waals surface area contributed by atoms with Crippen LogP contribution in [0.3, 0.4) is 0 Å². The second-order valence-corrected chi connectivity index (χ2v) is 3.57. The van der Waals surface area contributed by atoms with Gasteiger partial charge in [0.15, 0.2) is 0 Å². The van der Waals surface area contributed by atoms with Gasteiger partial charge in [-0.15, -0.1) is 0 Å². The SMILES string of the molecule is COC(=O)C(C)CC(C)CBr. The van der Waals surface area contributed by atoms with E-state index in [9.17, 15) is 4.79 Å². The molecular weight excluding hydrogens is 208 g/mol. The van der Waals surface area contributed by atoms with Crippen molar-refractivity contribution in [2.45, 2.75) is 20.3 Å². The summed E-state index contributed by atoms with van der Waals surface area (Å²) < 4.78 is 4.60. The summed E-state index contributed by atoms with van der Waals surface area (Å²) >= 11 is 3.36. The Labute approximate surface area is 76.4 Å². The van der Waals surface area contributed by atoms with Crippen molar-refractivity contribution in [1.29, 1.82) is 0 Å². The topological polar surface area (TPSA) is 26.3 Å². The third kappa shape index (κ3) is 4.40. The molecule has 2 unspecified atom stereocenters. The Bertz CT molecular complexity index is 125. The molecule has 0 saturated heterocycles. The molecular formula is C8H15BrO2. The van der Waals surface area contributed by atoms with Crippen LogP contribution in [0.4, 0.5) is 0 Å². The zero-order valence-corrected chi connectivity index (χ0v) is 8.85. The second kappa shape index (κ2) is 5.58. The number of carbonyl (C=O) groups is 1. The van der Waals surface area contributed by atoms with Crippen LogP contribution < -0.4 is 0 Å². The molecule has 0 aliphatic heterocycles. The lowest BCUT2D eigenvalue weighted by Gasteiger charge is -2.12. The number of rotatable bonds is 4. The second-order valence-electron chi connectivity index (χ2n) is 2.92. The van der Waals surface area contributed by atoms with E-state index in [1.165, 1.54) is 7.11 Å². The fraction of sp³-hybridized carbons (Fsp3) is 0.875. The highest BCUT2D eigenvalue weighted by Crippen LogP contribution is 2.14. The van der Waals surface area contributed by atoms with E-state index in [2.05, 4.69) is 27.6 Å². The van der Waals surface area contributed by atoms with Crippen molar-refractivity contribution in [2.24, 2.45) is 11.8 Å². The predicted molar refractivity (Wildman–Crippen MR) is 48.8 cm³/mol. The van der Waals surface area contributed by atoms with E-state index in [4.69, 9.17) is 0 Å². The summed E-state index contributed by atoms with van der Waals surface area (Å²) in [6, 6.07) is 0. The molecule has 2 atom stereocenters. The lowest BCUT2D eigenvalue weighted by molar-refractivity contribution is -0.145. The van der Waals surface area contributed by atoms with Crippen molar-refractivity contribution < 1.29 is 9.53 Å². The van der Waals surface area contributed by atoms with Gasteiger partial charge in [-0.25, -0.2) is 0 Å². The lowest BCUT2D eigenvalue weighted by Crippen LogP contribution is -2.16. The van der Waals surface area contributed by atoms with Gasteiger partial charge >= 0.3 is 5.97 Å². The van der Waals surface area contributed by atoms with Crippen LogP contribution in [0.25, 0.3) is 0 Å². The minimum atomic E-state index is -0.113. The van der Waals surface area contributed by atoms with Gasteiger partial charge in [0, 0.05) is 5.33 Å². The van der Waals surface area contributed by atoms with Crippen LogP contribution in [0.1, 0.15) is 20.3 Å². The molecule has 0 rings (SSSR count). The molecule has 0 aliphatic rings. The average molecular weight is 223 g/mol. The van der Waals surface area contributed by atoms with E-state index in [0.717, 1.165) is 11.8 Å². The molecule has 0 radical (unpaired) electrons. The number of methoxy groups -OCH3 is 1. The van der Waals surface area contributed by atoms with Gasteiger partial charge in [-0.3, -0.25) is 4.79 Å². The fourth-order valence-corrected chi connectivity index (χ4v) is 1.23. The number of hydrogen-bond acceptors (Lipinski definition) is 2. The van der Waals surface area contributed by atoms with Gasteiger partial charge in [0.1, 0.15) is 0 Å². The summed E-state index contributed by atoms with van der Waals surface area (Å²) in [5, 5.41) is 0.939. The third-order valence-corrected chi connectivity index (χ3v) is 2.73. The lowest BCUT2D eigenvalue weighted by atomic mass is 9.99. The minimum absolute atomic E-state index is 0.0209. The largest absolute Gasteiger partial charge is 0.469 e. The van der Waals surface area contributed by atoms with Crippen LogP contribution in [0, 0.1) is 11.8 Å². The highest BCUT2D eigenvalue weighted by atomic mass is 79.9. The Balaban J connectivity index is 3.67. The van der Waals surface area contributed by atoms with Crippen LogP contribution >= 0.6 is 15.9 Å². The predicted octanol–water partition coefficient (Wildman–Crippen LogP) is 2.22. The van der Waals surface area contributed by atoms with Crippen molar-refractivity contribution in [3.05, 3.63) is 0 Å². The third-order valence-electron chi connectivity index (χ3n) is 1.62. The Kier molecular flexibility index (Phi) is 5.56. The van der Waals surface area contributed by atoms with E-state index in [1.807, 2.05) is 6.92 Å². The van der Waals surface area contributed by atoms with Crippen molar-refractivity contribution in [1.82, 2.24) is 0 Å². The van der Waals surface area contributed by atoms with Gasteiger partial charge in [0.2, 0.25) is 0 Å². The molecule has 11 heavy (non-hydrogen) atoms. The molecule has 0 amide bonds. The average Bonchev–Trinajstić information content (AvgIpc) is 2.02. The van der Waals surface area contributed by atoms with Crippen LogP contribution in [0.2, 0.25) is 0 Å². The zero-order chi connectivity index (χ0) is 8.85. The molecule has 0 aliphatic carbocycles. The molecule has 0 fully saturated rings. The number of carbonyl (C=O) groups excluding carboxylic acids is 1. The fourth-order valence-electron chi connectivity index (χ4n) is 0.964. The van der Waals surface area contributed by atoms with E-state index in [1.54, 1.807) is 0 Å². The standard InChI is InChI=1S/C8H15BrO2/c1-6(5-9)4-7(2)8(10)11-3/h6-7H,4-5H2,1-3H3. The number of halogens is 1. The molecule has 0 spiro atoms. The zero-order valence-electron chi connectivity index (χ0n) is 7.26. The van der Waals surface area contributed by atoms with Gasteiger partial charge in [-0.05, 0) is 12.3 Å². The molecule has 0 aromatic rings. The molecule has 2 nitrogen and oxygen atoms in total. The molecule has 0 aromatic heterocycles. The Morgan fingerprint density at radius 1 is 1.55 bits per heavy atom. The molecule has 0 saturated carbocycles. The summed E-state index contributed by atoms with van der Waals surface area (Å²) in [6.45, 7) is 4.00. The first-order valence-corrected chi connectivity index (χ1v) is 4.87. The first-order chi connectivity index (χ1) is 5.11. The van der Waals surface area contributed by atoms with E-state index < -0.39 is 0 Å². The van der Waals surface area contributed by atoms with Crippen molar-refractivity contribution in [3.63, 3.8) is 0 Å². The Morgan fingerprint density at radius 3 is 2.45 bits per heavy atom.